The van der Waals surface area contributed by atoms with Crippen molar-refractivity contribution in [1.29, 1.82) is 0 Å². The van der Waals surface area contributed by atoms with Gasteiger partial charge in [0.15, 0.2) is 0 Å². The average molecular weight is 800 g/mol. The van der Waals surface area contributed by atoms with Gasteiger partial charge in [0, 0.05) is 6.42 Å². The third-order valence-corrected chi connectivity index (χ3v) is 11.0. The standard InChI is InChI=1S/C51H93NO5/c1-4-7-10-13-16-19-22-24-25-26-28-31-34-37-40-43-49(54)48(46-53)52-50(55)45-47(42-39-36-33-30-27-21-18-15-12-9-6-3)57-51(56)44-41-38-35-32-29-23-20-17-14-11-8-5-2/h9,12,15,17-18,20-21,27,47-49,53-54H,4-8,10-11,13-14,16,19,22-26,28-46H2,1-3H3,(H,52,55)/b12-9+,18-15+,20-17-,27-21-. The van der Waals surface area contributed by atoms with E-state index in [4.69, 9.17) is 4.74 Å². The molecule has 1 amide bonds. The van der Waals surface area contributed by atoms with Crippen LogP contribution in [0.25, 0.3) is 0 Å². The van der Waals surface area contributed by atoms with E-state index in [1.807, 2.05) is 12.2 Å². The monoisotopic (exact) mass is 800 g/mol. The molecular formula is C51H93NO5. The summed E-state index contributed by atoms with van der Waals surface area (Å²) < 4.78 is 5.89. The molecule has 332 valence electrons. The van der Waals surface area contributed by atoms with Gasteiger partial charge in [-0.25, -0.2) is 0 Å². The van der Waals surface area contributed by atoms with E-state index in [0.717, 1.165) is 77.0 Å². The zero-order chi connectivity index (χ0) is 41.7. The fourth-order valence-electron chi connectivity index (χ4n) is 7.25. The second-order valence-electron chi connectivity index (χ2n) is 16.5. The van der Waals surface area contributed by atoms with Gasteiger partial charge in [-0.1, -0.05) is 204 Å². The number of esters is 1. The Morgan fingerprint density at radius 1 is 0.526 bits per heavy atom. The second-order valence-corrected chi connectivity index (χ2v) is 16.5. The van der Waals surface area contributed by atoms with Crippen molar-refractivity contribution in [1.82, 2.24) is 5.32 Å². The van der Waals surface area contributed by atoms with Crippen LogP contribution in [-0.4, -0.2) is 46.9 Å². The maximum atomic E-state index is 13.1. The largest absolute Gasteiger partial charge is 0.462 e. The van der Waals surface area contributed by atoms with Crippen molar-refractivity contribution < 1.29 is 24.5 Å². The maximum absolute atomic E-state index is 13.1. The lowest BCUT2D eigenvalue weighted by Gasteiger charge is -2.24. The Hall–Kier alpha value is -2.18. The predicted molar refractivity (Wildman–Crippen MR) is 245 cm³/mol. The summed E-state index contributed by atoms with van der Waals surface area (Å²) in [6.45, 7) is 6.31. The summed E-state index contributed by atoms with van der Waals surface area (Å²) in [5.74, 6) is -0.518. The van der Waals surface area contributed by atoms with E-state index in [1.54, 1.807) is 0 Å². The summed E-state index contributed by atoms with van der Waals surface area (Å²) in [7, 11) is 0. The molecule has 0 spiro atoms. The van der Waals surface area contributed by atoms with Crippen molar-refractivity contribution in [2.75, 3.05) is 6.61 Å². The molecule has 57 heavy (non-hydrogen) atoms. The average Bonchev–Trinajstić information content (AvgIpc) is 3.20. The smallest absolute Gasteiger partial charge is 0.306 e. The minimum atomic E-state index is -0.797. The van der Waals surface area contributed by atoms with Gasteiger partial charge in [-0.05, 0) is 70.6 Å². The van der Waals surface area contributed by atoms with E-state index in [0.29, 0.717) is 19.3 Å². The minimum absolute atomic E-state index is 0.0514. The second kappa shape index (κ2) is 44.9. The summed E-state index contributed by atoms with van der Waals surface area (Å²) in [6, 6.07) is -0.713. The Kier molecular flexibility index (Phi) is 43.2. The van der Waals surface area contributed by atoms with Gasteiger partial charge < -0.3 is 20.3 Å². The molecule has 0 aromatic carbocycles. The number of hydrogen-bond acceptors (Lipinski definition) is 5. The first-order valence-corrected chi connectivity index (χ1v) is 24.4. The molecule has 0 heterocycles. The van der Waals surface area contributed by atoms with Gasteiger partial charge in [-0.2, -0.15) is 0 Å². The maximum Gasteiger partial charge on any atom is 0.306 e. The highest BCUT2D eigenvalue weighted by molar-refractivity contribution is 5.77. The molecule has 0 aliphatic rings. The third-order valence-electron chi connectivity index (χ3n) is 11.0. The van der Waals surface area contributed by atoms with Crippen LogP contribution in [0.15, 0.2) is 48.6 Å². The molecule has 0 radical (unpaired) electrons. The summed E-state index contributed by atoms with van der Waals surface area (Å²) >= 11 is 0. The zero-order valence-electron chi connectivity index (χ0n) is 37.7. The summed E-state index contributed by atoms with van der Waals surface area (Å²) in [4.78, 5) is 26.0. The number of unbranched alkanes of at least 4 members (excludes halogenated alkanes) is 25. The van der Waals surface area contributed by atoms with Crippen molar-refractivity contribution in [3.05, 3.63) is 48.6 Å². The SMILES string of the molecule is CC/C=C/C=C/C=C\CCCCCC(CC(=O)NC(CO)C(O)CCCCCCCCCCCCCCCCC)OC(=O)CCCCCCC/C=C\CCCCC. The van der Waals surface area contributed by atoms with Crippen LogP contribution in [0.5, 0.6) is 0 Å². The molecule has 0 rings (SSSR count). The number of carbonyl (C=O) groups excluding carboxylic acids is 2. The van der Waals surface area contributed by atoms with Crippen LogP contribution in [0.2, 0.25) is 0 Å². The normalized spacial score (nSPS) is 13.7. The molecule has 0 aliphatic heterocycles. The molecule has 3 atom stereocenters. The molecule has 0 aliphatic carbocycles. The van der Waals surface area contributed by atoms with E-state index in [9.17, 15) is 19.8 Å². The first kappa shape index (κ1) is 54.8. The van der Waals surface area contributed by atoms with E-state index < -0.39 is 18.2 Å². The lowest BCUT2D eigenvalue weighted by atomic mass is 10.0. The number of carbonyl (C=O) groups is 2. The molecule has 0 saturated carbocycles. The number of allylic oxidation sites excluding steroid dienone is 8. The fraction of sp³-hybridized carbons (Fsp3) is 0.804. The molecule has 0 bridgehead atoms. The number of hydrogen-bond donors (Lipinski definition) is 3. The van der Waals surface area contributed by atoms with Crippen LogP contribution >= 0.6 is 0 Å². The van der Waals surface area contributed by atoms with E-state index in [2.05, 4.69) is 62.5 Å². The molecule has 6 nitrogen and oxygen atoms in total. The molecule has 0 fully saturated rings. The molecule has 0 aromatic rings. The Bertz CT molecular complexity index is 988. The van der Waals surface area contributed by atoms with Crippen molar-refractivity contribution in [3.8, 4) is 0 Å². The van der Waals surface area contributed by atoms with Gasteiger partial charge in [0.25, 0.3) is 0 Å². The Morgan fingerprint density at radius 2 is 0.965 bits per heavy atom. The number of aliphatic hydroxyl groups is 2. The van der Waals surface area contributed by atoms with Crippen LogP contribution < -0.4 is 5.32 Å². The molecule has 6 heteroatoms. The minimum Gasteiger partial charge on any atom is -0.462 e. The summed E-state index contributed by atoms with van der Waals surface area (Å²) in [5.41, 5.74) is 0. The van der Waals surface area contributed by atoms with Crippen molar-refractivity contribution >= 4 is 11.9 Å². The quantitative estimate of drug-likeness (QED) is 0.0247. The van der Waals surface area contributed by atoms with E-state index in [-0.39, 0.29) is 24.9 Å². The number of rotatable bonds is 43. The molecule has 3 unspecified atom stereocenters. The van der Waals surface area contributed by atoms with Crippen LogP contribution in [0.1, 0.15) is 239 Å². The van der Waals surface area contributed by atoms with Crippen molar-refractivity contribution in [3.63, 3.8) is 0 Å². The number of amides is 1. The van der Waals surface area contributed by atoms with Gasteiger partial charge in [-0.15, -0.1) is 0 Å². The molecule has 0 saturated heterocycles. The summed E-state index contributed by atoms with van der Waals surface area (Å²) in [5, 5.41) is 23.7. The molecule has 0 aromatic heterocycles. The molecular weight excluding hydrogens is 707 g/mol. The Morgan fingerprint density at radius 3 is 1.53 bits per heavy atom. The number of aliphatic hydroxyl groups excluding tert-OH is 2. The first-order chi connectivity index (χ1) is 28.0. The van der Waals surface area contributed by atoms with Crippen LogP contribution in [0.4, 0.5) is 0 Å². The lowest BCUT2D eigenvalue weighted by molar-refractivity contribution is -0.151. The van der Waals surface area contributed by atoms with Crippen LogP contribution in [0, 0.1) is 0 Å². The number of nitrogens with one attached hydrogen (secondary N) is 1. The highest BCUT2D eigenvalue weighted by Gasteiger charge is 2.24. The van der Waals surface area contributed by atoms with Gasteiger partial charge in [0.05, 0.1) is 25.2 Å². The third kappa shape index (κ3) is 40.4. The van der Waals surface area contributed by atoms with Gasteiger partial charge >= 0.3 is 5.97 Å². The van der Waals surface area contributed by atoms with Crippen molar-refractivity contribution in [2.24, 2.45) is 0 Å². The van der Waals surface area contributed by atoms with Crippen molar-refractivity contribution in [2.45, 2.75) is 257 Å². The topological polar surface area (TPSA) is 95.9 Å². The van der Waals surface area contributed by atoms with Gasteiger partial charge in [0.1, 0.15) is 6.10 Å². The van der Waals surface area contributed by atoms with Gasteiger partial charge in [0.2, 0.25) is 5.91 Å². The predicted octanol–water partition coefficient (Wildman–Crippen LogP) is 14.3. The fourth-order valence-corrected chi connectivity index (χ4v) is 7.25. The van der Waals surface area contributed by atoms with E-state index in [1.165, 1.54) is 116 Å². The van der Waals surface area contributed by atoms with E-state index >= 15 is 0 Å². The van der Waals surface area contributed by atoms with Crippen LogP contribution in [-0.2, 0) is 14.3 Å². The highest BCUT2D eigenvalue weighted by atomic mass is 16.5. The highest BCUT2D eigenvalue weighted by Crippen LogP contribution is 2.17. The Labute approximate surface area is 353 Å². The van der Waals surface area contributed by atoms with Gasteiger partial charge in [-0.3, -0.25) is 9.59 Å². The number of ether oxygens (including phenoxy) is 1. The zero-order valence-corrected chi connectivity index (χ0v) is 37.7. The first-order valence-electron chi connectivity index (χ1n) is 24.4. The summed E-state index contributed by atoms with van der Waals surface area (Å²) in [6.07, 6.45) is 53.2. The van der Waals surface area contributed by atoms with Crippen LogP contribution in [0.3, 0.4) is 0 Å². The molecule has 3 N–H and O–H groups in total. The Balaban J connectivity index is 4.56. The lowest BCUT2D eigenvalue weighted by Crippen LogP contribution is -2.46.